The van der Waals surface area contributed by atoms with Crippen molar-refractivity contribution in [2.45, 2.75) is 11.3 Å². The lowest BCUT2D eigenvalue weighted by atomic mass is 10.4. The second-order valence-corrected chi connectivity index (χ2v) is 5.40. The molecule has 0 saturated heterocycles. The van der Waals surface area contributed by atoms with Crippen LogP contribution in [-0.4, -0.2) is 34.0 Å². The Hall–Kier alpha value is -1.44. The quantitative estimate of drug-likeness (QED) is 0.578. The van der Waals surface area contributed by atoms with Crippen molar-refractivity contribution in [2.24, 2.45) is 5.73 Å². The molecule has 0 aliphatic heterocycles. The van der Waals surface area contributed by atoms with Gasteiger partial charge in [0.15, 0.2) is 0 Å². The first kappa shape index (κ1) is 14.6. The van der Waals surface area contributed by atoms with Gasteiger partial charge in [0.25, 0.3) is 0 Å². The van der Waals surface area contributed by atoms with E-state index in [2.05, 4.69) is 10.0 Å². The van der Waals surface area contributed by atoms with Gasteiger partial charge >= 0.3 is 0 Å². The van der Waals surface area contributed by atoms with Crippen molar-refractivity contribution in [1.82, 2.24) is 10.0 Å². The fraction of sp³-hybridized carbons (Fsp3) is 0.364. The van der Waals surface area contributed by atoms with Gasteiger partial charge in [-0.25, -0.2) is 13.1 Å². The molecule has 0 spiro atoms. The van der Waals surface area contributed by atoms with Crippen LogP contribution in [0.4, 0.5) is 0 Å². The Morgan fingerprint density at radius 1 is 1.22 bits per heavy atom. The summed E-state index contributed by atoms with van der Waals surface area (Å²) in [6.07, 6.45) is 0.664. The molecule has 1 amide bonds. The molecule has 0 fully saturated rings. The van der Waals surface area contributed by atoms with Gasteiger partial charge in [-0.3, -0.25) is 4.79 Å². The molecule has 0 atom stereocenters. The van der Waals surface area contributed by atoms with E-state index in [9.17, 15) is 13.2 Å². The molecule has 0 heterocycles. The summed E-state index contributed by atoms with van der Waals surface area (Å²) in [4.78, 5) is 11.5. The number of rotatable bonds is 7. The van der Waals surface area contributed by atoms with E-state index in [0.29, 0.717) is 19.5 Å². The van der Waals surface area contributed by atoms with Crippen LogP contribution in [0, 0.1) is 0 Å². The highest BCUT2D eigenvalue weighted by Gasteiger charge is 2.14. The minimum atomic E-state index is -3.62. The Kier molecular flexibility index (Phi) is 5.76. The Balaban J connectivity index is 2.46. The maximum absolute atomic E-state index is 11.8. The summed E-state index contributed by atoms with van der Waals surface area (Å²) in [5.74, 6) is -0.372. The maximum atomic E-state index is 11.8. The van der Waals surface area contributed by atoms with Crippen LogP contribution >= 0.6 is 0 Å². The Bertz CT molecular complexity index is 474. The molecule has 0 aliphatic carbocycles. The van der Waals surface area contributed by atoms with E-state index >= 15 is 0 Å². The molecule has 0 bridgehead atoms. The highest BCUT2D eigenvalue weighted by Crippen LogP contribution is 2.06. The zero-order valence-electron chi connectivity index (χ0n) is 9.93. The lowest BCUT2D eigenvalue weighted by Gasteiger charge is -2.07. The lowest BCUT2D eigenvalue weighted by Crippen LogP contribution is -2.37. The zero-order chi connectivity index (χ0) is 13.4. The third-order valence-electron chi connectivity index (χ3n) is 2.18. The molecule has 0 aromatic heterocycles. The number of nitrogens with two attached hydrogens (primary N) is 1. The fourth-order valence-corrected chi connectivity index (χ4v) is 2.24. The molecular weight excluding hydrogens is 254 g/mol. The van der Waals surface area contributed by atoms with Crippen molar-refractivity contribution in [1.29, 1.82) is 0 Å². The Morgan fingerprint density at radius 3 is 2.50 bits per heavy atom. The van der Waals surface area contributed by atoms with Gasteiger partial charge in [-0.1, -0.05) is 18.2 Å². The number of sulfonamides is 1. The highest BCUT2D eigenvalue weighted by molar-refractivity contribution is 7.89. The largest absolute Gasteiger partial charge is 0.355 e. The zero-order valence-corrected chi connectivity index (χ0v) is 10.7. The SMILES string of the molecule is NCCCNC(=O)CNS(=O)(=O)c1ccccc1. The smallest absolute Gasteiger partial charge is 0.241 e. The Morgan fingerprint density at radius 2 is 1.89 bits per heavy atom. The number of carbonyl (C=O) groups excluding carboxylic acids is 1. The van der Waals surface area contributed by atoms with Gasteiger partial charge in [0.1, 0.15) is 0 Å². The molecule has 1 rings (SSSR count). The first-order valence-corrected chi connectivity index (χ1v) is 7.06. The molecule has 6 nitrogen and oxygen atoms in total. The van der Waals surface area contributed by atoms with E-state index in [1.54, 1.807) is 18.2 Å². The number of hydrogen-bond donors (Lipinski definition) is 3. The Labute approximate surface area is 107 Å². The van der Waals surface area contributed by atoms with Crippen LogP contribution in [0.15, 0.2) is 35.2 Å². The average Bonchev–Trinajstić information content (AvgIpc) is 2.38. The molecule has 0 saturated carbocycles. The molecule has 18 heavy (non-hydrogen) atoms. The van der Waals surface area contributed by atoms with Gasteiger partial charge in [0, 0.05) is 6.54 Å². The van der Waals surface area contributed by atoms with Crippen molar-refractivity contribution in [3.05, 3.63) is 30.3 Å². The molecule has 0 radical (unpaired) electrons. The van der Waals surface area contributed by atoms with Crippen molar-refractivity contribution in [2.75, 3.05) is 19.6 Å². The van der Waals surface area contributed by atoms with Crippen molar-refractivity contribution in [3.8, 4) is 0 Å². The van der Waals surface area contributed by atoms with Gasteiger partial charge in [-0.2, -0.15) is 0 Å². The predicted molar refractivity (Wildman–Crippen MR) is 68.3 cm³/mol. The van der Waals surface area contributed by atoms with Crippen LogP contribution in [0.1, 0.15) is 6.42 Å². The summed E-state index contributed by atoms with van der Waals surface area (Å²) in [6.45, 7) is 0.653. The van der Waals surface area contributed by atoms with Crippen LogP contribution in [0.2, 0.25) is 0 Å². The van der Waals surface area contributed by atoms with E-state index in [1.165, 1.54) is 12.1 Å². The normalized spacial score (nSPS) is 11.2. The van der Waals surface area contributed by atoms with Gasteiger partial charge in [0.2, 0.25) is 15.9 Å². The minimum absolute atomic E-state index is 0.139. The van der Waals surface area contributed by atoms with Crippen LogP contribution in [0.5, 0.6) is 0 Å². The number of carbonyl (C=O) groups is 1. The summed E-state index contributed by atoms with van der Waals surface area (Å²) in [5, 5.41) is 2.56. The first-order chi connectivity index (χ1) is 8.56. The monoisotopic (exact) mass is 271 g/mol. The fourth-order valence-electron chi connectivity index (χ4n) is 1.24. The summed E-state index contributed by atoms with van der Waals surface area (Å²) < 4.78 is 25.7. The maximum Gasteiger partial charge on any atom is 0.241 e. The van der Waals surface area contributed by atoms with Gasteiger partial charge < -0.3 is 11.1 Å². The number of amides is 1. The first-order valence-electron chi connectivity index (χ1n) is 5.58. The van der Waals surface area contributed by atoms with Crippen LogP contribution < -0.4 is 15.8 Å². The molecule has 1 aromatic rings. The average molecular weight is 271 g/mol. The van der Waals surface area contributed by atoms with E-state index in [-0.39, 0.29) is 17.3 Å². The van der Waals surface area contributed by atoms with Crippen molar-refractivity contribution in [3.63, 3.8) is 0 Å². The van der Waals surface area contributed by atoms with Crippen molar-refractivity contribution >= 4 is 15.9 Å². The van der Waals surface area contributed by atoms with Gasteiger partial charge in [-0.15, -0.1) is 0 Å². The molecule has 0 aliphatic rings. The molecule has 4 N–H and O–H groups in total. The van der Waals surface area contributed by atoms with Crippen LogP contribution in [0.25, 0.3) is 0 Å². The van der Waals surface area contributed by atoms with Crippen LogP contribution in [0.3, 0.4) is 0 Å². The molecule has 7 heteroatoms. The lowest BCUT2D eigenvalue weighted by molar-refractivity contribution is -0.119. The molecule has 1 aromatic carbocycles. The van der Waals surface area contributed by atoms with E-state index in [1.807, 2.05) is 0 Å². The third kappa shape index (κ3) is 4.82. The molecular formula is C11H17N3O3S. The number of hydrogen-bond acceptors (Lipinski definition) is 4. The highest BCUT2D eigenvalue weighted by atomic mass is 32.2. The summed E-state index contributed by atoms with van der Waals surface area (Å²) in [7, 11) is -3.62. The minimum Gasteiger partial charge on any atom is -0.355 e. The third-order valence-corrected chi connectivity index (χ3v) is 3.60. The number of nitrogens with one attached hydrogen (secondary N) is 2. The summed E-state index contributed by atoms with van der Waals surface area (Å²) in [6, 6.07) is 7.90. The molecule has 100 valence electrons. The van der Waals surface area contributed by atoms with E-state index < -0.39 is 10.0 Å². The molecule has 0 unspecified atom stereocenters. The van der Waals surface area contributed by atoms with Crippen molar-refractivity contribution < 1.29 is 13.2 Å². The predicted octanol–water partition coefficient (Wildman–Crippen LogP) is -0.570. The summed E-state index contributed by atoms with van der Waals surface area (Å²) in [5.41, 5.74) is 5.27. The van der Waals surface area contributed by atoms with Gasteiger partial charge in [0.05, 0.1) is 11.4 Å². The standard InChI is InChI=1S/C11H17N3O3S/c12-7-4-8-13-11(15)9-14-18(16,17)10-5-2-1-3-6-10/h1-3,5-6,14H,4,7-9,12H2,(H,13,15). The second-order valence-electron chi connectivity index (χ2n) is 3.63. The second kappa shape index (κ2) is 7.10. The van der Waals surface area contributed by atoms with E-state index in [4.69, 9.17) is 5.73 Å². The van der Waals surface area contributed by atoms with Gasteiger partial charge in [-0.05, 0) is 25.1 Å². The summed E-state index contributed by atoms with van der Waals surface area (Å²) >= 11 is 0. The topological polar surface area (TPSA) is 101 Å². The van der Waals surface area contributed by atoms with E-state index in [0.717, 1.165) is 0 Å². The number of benzene rings is 1. The van der Waals surface area contributed by atoms with Crippen LogP contribution in [-0.2, 0) is 14.8 Å².